The summed E-state index contributed by atoms with van der Waals surface area (Å²) in [5.74, 6) is -1.48. The fraction of sp³-hybridized carbons (Fsp3) is 0.867. The van der Waals surface area contributed by atoms with Gasteiger partial charge in [0.15, 0.2) is 0 Å². The summed E-state index contributed by atoms with van der Waals surface area (Å²) >= 11 is 0. The zero-order chi connectivity index (χ0) is 18.9. The summed E-state index contributed by atoms with van der Waals surface area (Å²) in [5, 5.41) is 11.4. The molecule has 2 atom stereocenters. The molecule has 2 unspecified atom stereocenters. The third kappa shape index (κ3) is 4.45. The Balaban J connectivity index is 2.03. The van der Waals surface area contributed by atoms with Crippen molar-refractivity contribution >= 4 is 21.9 Å². The Labute approximate surface area is 144 Å². The van der Waals surface area contributed by atoms with Crippen molar-refractivity contribution in [2.24, 2.45) is 21.6 Å². The van der Waals surface area contributed by atoms with Crippen molar-refractivity contribution in [1.82, 2.24) is 0 Å². The van der Waals surface area contributed by atoms with Crippen molar-refractivity contribution < 1.29 is 36.2 Å². The van der Waals surface area contributed by atoms with Crippen molar-refractivity contribution in [1.29, 1.82) is 0 Å². The zero-order valence-corrected chi connectivity index (χ0v) is 14.7. The predicted octanol–water partition coefficient (Wildman–Crippen LogP) is 2.13. The fourth-order valence-electron chi connectivity index (χ4n) is 4.05. The van der Waals surface area contributed by atoms with E-state index >= 15 is 0 Å². The highest BCUT2D eigenvalue weighted by atomic mass is 32.2. The molecule has 0 N–H and O–H groups in total. The first-order valence-corrected chi connectivity index (χ1v) is 9.67. The summed E-state index contributed by atoms with van der Waals surface area (Å²) in [6, 6.07) is 0. The van der Waals surface area contributed by atoms with E-state index in [-0.39, 0.29) is 0 Å². The third-order valence-corrected chi connectivity index (χ3v) is 6.23. The number of fused-ring (bicyclic) bond motifs is 2. The lowest BCUT2D eigenvalue weighted by molar-refractivity contribution is -0.224. The largest absolute Gasteiger partial charge is 0.859 e. The quantitative estimate of drug-likeness (QED) is 0.411. The number of carbonyl (C=O) groups is 1. The van der Waals surface area contributed by atoms with Crippen molar-refractivity contribution in [2.75, 3.05) is 6.61 Å². The van der Waals surface area contributed by atoms with Crippen LogP contribution in [0.5, 0.6) is 0 Å². The first-order chi connectivity index (χ1) is 11.5. The molecule has 2 fully saturated rings. The summed E-state index contributed by atoms with van der Waals surface area (Å²) in [6.07, 6.45) is 6.01. The molecule has 0 radical (unpaired) electrons. The fourth-order valence-corrected chi connectivity index (χ4v) is 4.48. The molecule has 0 aromatic carbocycles. The van der Waals surface area contributed by atoms with Crippen LogP contribution in [0.1, 0.15) is 51.9 Å². The number of ether oxygens (including phenoxy) is 1. The Bertz CT molecular complexity index is 632. The smallest absolute Gasteiger partial charge is 0.518 e. The molecule has 2 rings (SSSR count). The lowest BCUT2D eigenvalue weighted by atomic mass is 9.60. The van der Waals surface area contributed by atoms with E-state index in [0.29, 0.717) is 31.1 Å². The molecule has 2 bridgehead atoms. The van der Waals surface area contributed by atoms with Crippen LogP contribution < -0.4 is 5.11 Å². The van der Waals surface area contributed by atoms with Crippen LogP contribution in [0.4, 0.5) is 13.2 Å². The van der Waals surface area contributed by atoms with Crippen molar-refractivity contribution in [2.45, 2.75) is 57.4 Å². The highest BCUT2D eigenvalue weighted by molar-refractivity contribution is 7.91. The van der Waals surface area contributed by atoms with E-state index in [1.807, 2.05) is 6.92 Å². The molecule has 25 heavy (non-hydrogen) atoms. The van der Waals surface area contributed by atoms with Crippen molar-refractivity contribution in [3.05, 3.63) is 0 Å². The first-order valence-electron chi connectivity index (χ1n) is 8.23. The highest BCUT2D eigenvalue weighted by Crippen LogP contribution is 2.51. The Morgan fingerprint density at radius 1 is 1.28 bits per heavy atom. The minimum absolute atomic E-state index is 0.408. The van der Waals surface area contributed by atoms with E-state index in [1.165, 1.54) is 0 Å². The van der Waals surface area contributed by atoms with E-state index in [4.69, 9.17) is 4.74 Å². The van der Waals surface area contributed by atoms with E-state index in [1.54, 1.807) is 0 Å². The Hall–Kier alpha value is -1.32. The average molecular weight is 384 g/mol. The number of alkyl halides is 3. The second-order valence-corrected chi connectivity index (χ2v) is 8.52. The third-order valence-electron chi connectivity index (χ3n) is 5.20. The Morgan fingerprint density at radius 2 is 1.84 bits per heavy atom. The maximum absolute atomic E-state index is 12.5. The first kappa shape index (κ1) is 20.0. The number of hydrogen-bond acceptors (Lipinski definition) is 5. The normalized spacial score (nSPS) is 30.8. The van der Waals surface area contributed by atoms with Crippen molar-refractivity contribution in [3.8, 4) is 0 Å². The maximum Gasteiger partial charge on any atom is 0.518 e. The van der Waals surface area contributed by atoms with Crippen molar-refractivity contribution in [3.63, 3.8) is 0 Å². The molecule has 0 spiro atoms. The van der Waals surface area contributed by atoms with Crippen LogP contribution in [-0.2, 0) is 19.6 Å². The molecule has 6 nitrogen and oxygen atoms in total. The minimum atomic E-state index is -5.92. The van der Waals surface area contributed by atoms with E-state index in [0.717, 1.165) is 25.7 Å². The number of halogens is 3. The van der Waals surface area contributed by atoms with Crippen LogP contribution in [0.15, 0.2) is 4.40 Å². The highest BCUT2D eigenvalue weighted by Gasteiger charge is 2.47. The number of carbonyl (C=O) groups excluding carboxylic acids is 1. The van der Waals surface area contributed by atoms with E-state index in [9.17, 15) is 31.5 Å². The molecule has 2 saturated carbocycles. The number of sulfonamides is 1. The Morgan fingerprint density at radius 3 is 2.32 bits per heavy atom. The monoisotopic (exact) mass is 384 g/mol. The minimum Gasteiger partial charge on any atom is -0.859 e. The molecule has 2 aliphatic carbocycles. The lowest BCUT2D eigenvalue weighted by Crippen LogP contribution is -2.43. The van der Waals surface area contributed by atoms with Gasteiger partial charge in [0.1, 0.15) is 6.61 Å². The molecule has 2 aliphatic rings. The predicted molar refractivity (Wildman–Crippen MR) is 80.8 cm³/mol. The van der Waals surface area contributed by atoms with Crippen LogP contribution in [-0.4, -0.2) is 32.4 Å². The van der Waals surface area contributed by atoms with Gasteiger partial charge in [0.05, 0.1) is 5.41 Å². The standard InChI is InChI=1S/C15H22F3NO5S/c1-2-14(7-10-4-3-5-11(6-10)8-14)13(21)24-9-12(20)19-25(22,23)15(16,17)18/h10-11H,2-9H2,1H3,(H,19,20)/p-1. The van der Waals surface area contributed by atoms with Gasteiger partial charge in [-0.1, -0.05) is 26.2 Å². The summed E-state index contributed by atoms with van der Waals surface area (Å²) in [5.41, 5.74) is -6.41. The number of nitrogens with zero attached hydrogens (tertiary/aromatic N) is 1. The maximum atomic E-state index is 12.5. The van der Waals surface area contributed by atoms with Gasteiger partial charge in [-0.25, -0.2) is 0 Å². The topological polar surface area (TPSA) is 95.9 Å². The van der Waals surface area contributed by atoms with Crippen LogP contribution in [0, 0.1) is 17.3 Å². The SMILES string of the molecule is CCC1(C(=O)OC/C([O-])=N/S(=O)(=O)C(F)(F)F)CC2CCCC(C2)C1. The number of hydrogen-bond donors (Lipinski definition) is 0. The molecule has 0 aromatic rings. The van der Waals surface area contributed by atoms with Gasteiger partial charge in [-0.05, 0) is 37.5 Å². The molecule has 0 aliphatic heterocycles. The van der Waals surface area contributed by atoms with Gasteiger partial charge >= 0.3 is 21.5 Å². The molecular formula is C15H21F3NO5S-. The number of esters is 1. The summed E-state index contributed by atoms with van der Waals surface area (Å²) < 4.78 is 65.2. The molecule has 144 valence electrons. The van der Waals surface area contributed by atoms with Crippen LogP contribution in [0.2, 0.25) is 0 Å². The second kappa shape index (κ2) is 7.13. The molecular weight excluding hydrogens is 363 g/mol. The van der Waals surface area contributed by atoms with E-state index < -0.39 is 39.4 Å². The van der Waals surface area contributed by atoms with Gasteiger partial charge in [-0.2, -0.15) is 26.0 Å². The summed E-state index contributed by atoms with van der Waals surface area (Å²) in [6.45, 7) is 0.730. The molecule has 0 saturated heterocycles. The second-order valence-electron chi connectivity index (χ2n) is 6.92. The Kier molecular flexibility index (Phi) is 5.70. The van der Waals surface area contributed by atoms with Gasteiger partial charge in [-0.3, -0.25) is 4.79 Å². The van der Waals surface area contributed by atoms with Gasteiger partial charge < -0.3 is 9.84 Å². The molecule has 0 aromatic heterocycles. The summed E-state index contributed by atoms with van der Waals surface area (Å²) in [7, 11) is -5.92. The molecule has 0 amide bonds. The van der Waals surface area contributed by atoms with Gasteiger partial charge in [-0.15, -0.1) is 0 Å². The molecule has 10 heteroatoms. The van der Waals surface area contributed by atoms with Crippen LogP contribution in [0.25, 0.3) is 0 Å². The average Bonchev–Trinajstić information content (AvgIpc) is 2.50. The van der Waals surface area contributed by atoms with Crippen LogP contribution >= 0.6 is 0 Å². The van der Waals surface area contributed by atoms with Gasteiger partial charge in [0.25, 0.3) is 0 Å². The zero-order valence-electron chi connectivity index (χ0n) is 13.8. The van der Waals surface area contributed by atoms with Crippen LogP contribution in [0.3, 0.4) is 0 Å². The summed E-state index contributed by atoms with van der Waals surface area (Å²) in [4.78, 5) is 12.5. The molecule has 0 heterocycles. The van der Waals surface area contributed by atoms with Gasteiger partial charge in [0.2, 0.25) is 0 Å². The van der Waals surface area contributed by atoms with Gasteiger partial charge in [0, 0.05) is 5.90 Å². The number of rotatable bonds is 5. The lowest BCUT2D eigenvalue weighted by Gasteiger charge is -2.45. The van der Waals surface area contributed by atoms with E-state index in [2.05, 4.69) is 4.40 Å².